The monoisotopic (exact) mass is 444 g/mol. The summed E-state index contributed by atoms with van der Waals surface area (Å²) >= 11 is 0. The van der Waals surface area contributed by atoms with E-state index in [2.05, 4.69) is 10.0 Å². The smallest absolute Gasteiger partial charge is 0.307 e. The van der Waals surface area contributed by atoms with Crippen molar-refractivity contribution in [2.45, 2.75) is 49.5 Å². The fourth-order valence-corrected chi connectivity index (χ4v) is 4.80. The van der Waals surface area contributed by atoms with Crippen LogP contribution in [0.1, 0.15) is 48.4 Å². The van der Waals surface area contributed by atoms with Crippen molar-refractivity contribution in [1.29, 1.82) is 0 Å². The number of methoxy groups -OCH3 is 1. The zero-order chi connectivity index (χ0) is 22.3. The summed E-state index contributed by atoms with van der Waals surface area (Å²) in [5.74, 6) is -0.798. The summed E-state index contributed by atoms with van der Waals surface area (Å²) < 4.78 is 32.5. The molecule has 3 rings (SSSR count). The van der Waals surface area contributed by atoms with Crippen LogP contribution in [-0.2, 0) is 37.2 Å². The van der Waals surface area contributed by atoms with Gasteiger partial charge in [0.05, 0.1) is 24.5 Å². The molecule has 0 aromatic heterocycles. The maximum atomic E-state index is 12.6. The van der Waals surface area contributed by atoms with E-state index in [1.165, 1.54) is 12.7 Å². The van der Waals surface area contributed by atoms with Crippen molar-refractivity contribution in [1.82, 2.24) is 10.0 Å². The number of esters is 1. The first-order valence-corrected chi connectivity index (χ1v) is 11.9. The normalized spacial score (nSPS) is 14.4. The average molecular weight is 445 g/mol. The molecule has 2 aromatic rings. The highest BCUT2D eigenvalue weighted by atomic mass is 32.2. The lowest BCUT2D eigenvalue weighted by Gasteiger charge is -2.18. The van der Waals surface area contributed by atoms with Gasteiger partial charge in [0.25, 0.3) is 0 Å². The van der Waals surface area contributed by atoms with Gasteiger partial charge in [0.1, 0.15) is 0 Å². The number of rotatable bonds is 9. The molecule has 1 amide bonds. The molecule has 7 nitrogen and oxygen atoms in total. The first-order valence-electron chi connectivity index (χ1n) is 10.4. The first kappa shape index (κ1) is 23.0. The highest BCUT2D eigenvalue weighted by Crippen LogP contribution is 2.24. The molecule has 0 fully saturated rings. The zero-order valence-electron chi connectivity index (χ0n) is 17.6. The number of ether oxygens (including phenoxy) is 1. The van der Waals surface area contributed by atoms with E-state index in [1.54, 1.807) is 12.1 Å². The van der Waals surface area contributed by atoms with Crippen molar-refractivity contribution in [2.24, 2.45) is 0 Å². The average Bonchev–Trinajstić information content (AvgIpc) is 2.78. The van der Waals surface area contributed by atoms with E-state index in [-0.39, 0.29) is 30.2 Å². The summed E-state index contributed by atoms with van der Waals surface area (Å²) in [6.07, 6.45) is 4.02. The van der Waals surface area contributed by atoms with Crippen LogP contribution in [0.3, 0.4) is 0 Å². The summed E-state index contributed by atoms with van der Waals surface area (Å²) in [6.45, 7) is -0.0367. The lowest BCUT2D eigenvalue weighted by Crippen LogP contribution is -2.34. The molecule has 1 unspecified atom stereocenters. The molecule has 0 radical (unpaired) electrons. The van der Waals surface area contributed by atoms with Crippen LogP contribution >= 0.6 is 0 Å². The Morgan fingerprint density at radius 1 is 1.03 bits per heavy atom. The lowest BCUT2D eigenvalue weighted by atomic mass is 9.92. The molecule has 0 aliphatic heterocycles. The third-order valence-electron chi connectivity index (χ3n) is 5.41. The molecule has 1 aliphatic carbocycles. The summed E-state index contributed by atoms with van der Waals surface area (Å²) in [5.41, 5.74) is 3.07. The third-order valence-corrected chi connectivity index (χ3v) is 6.87. The molecule has 0 heterocycles. The van der Waals surface area contributed by atoms with Gasteiger partial charge in [-0.15, -0.1) is 0 Å². The van der Waals surface area contributed by atoms with Crippen LogP contribution in [0.15, 0.2) is 53.4 Å². The number of hydrogen-bond acceptors (Lipinski definition) is 5. The summed E-state index contributed by atoms with van der Waals surface area (Å²) in [6, 6.07) is 13.8. The molecule has 1 atom stereocenters. The zero-order valence-corrected chi connectivity index (χ0v) is 18.4. The molecule has 166 valence electrons. The molecular formula is C23H28N2O5S. The Morgan fingerprint density at radius 3 is 2.45 bits per heavy atom. The number of fused-ring (bicyclic) bond motifs is 1. The van der Waals surface area contributed by atoms with Gasteiger partial charge in [-0.05, 0) is 54.5 Å². The van der Waals surface area contributed by atoms with Gasteiger partial charge < -0.3 is 10.1 Å². The molecular weight excluding hydrogens is 416 g/mol. The second kappa shape index (κ2) is 10.5. The molecule has 0 saturated carbocycles. The molecule has 0 saturated heterocycles. The number of hydrogen-bond donors (Lipinski definition) is 2. The minimum absolute atomic E-state index is 0.00684. The molecule has 2 N–H and O–H groups in total. The van der Waals surface area contributed by atoms with Crippen molar-refractivity contribution >= 4 is 21.9 Å². The fourth-order valence-electron chi connectivity index (χ4n) is 3.71. The second-order valence-corrected chi connectivity index (χ2v) is 9.36. The van der Waals surface area contributed by atoms with Gasteiger partial charge in [0.15, 0.2) is 0 Å². The van der Waals surface area contributed by atoms with E-state index in [9.17, 15) is 18.0 Å². The van der Waals surface area contributed by atoms with E-state index >= 15 is 0 Å². The van der Waals surface area contributed by atoms with Gasteiger partial charge in [0.2, 0.25) is 15.9 Å². The van der Waals surface area contributed by atoms with Crippen LogP contribution in [-0.4, -0.2) is 33.9 Å². The third kappa shape index (κ3) is 6.38. The Hall–Kier alpha value is -2.71. The van der Waals surface area contributed by atoms with Gasteiger partial charge in [0, 0.05) is 13.0 Å². The molecule has 1 aliphatic rings. The van der Waals surface area contributed by atoms with E-state index in [4.69, 9.17) is 4.74 Å². The number of aryl methyl sites for hydroxylation is 2. The Bertz CT molecular complexity index is 1020. The van der Waals surface area contributed by atoms with Crippen molar-refractivity contribution in [3.05, 3.63) is 65.2 Å². The quantitative estimate of drug-likeness (QED) is 0.579. The molecule has 0 spiro atoms. The van der Waals surface area contributed by atoms with Crippen LogP contribution in [0.25, 0.3) is 0 Å². The van der Waals surface area contributed by atoms with E-state index in [1.807, 2.05) is 36.4 Å². The van der Waals surface area contributed by atoms with Gasteiger partial charge in [-0.25, -0.2) is 13.1 Å². The van der Waals surface area contributed by atoms with Gasteiger partial charge >= 0.3 is 5.97 Å². The summed E-state index contributed by atoms with van der Waals surface area (Å²) in [7, 11) is -2.40. The first-order chi connectivity index (χ1) is 14.9. The number of nitrogens with one attached hydrogen (secondary N) is 2. The highest BCUT2D eigenvalue weighted by Gasteiger charge is 2.20. The number of carbonyl (C=O) groups excluding carboxylic acids is 2. The minimum Gasteiger partial charge on any atom is -0.469 e. The largest absolute Gasteiger partial charge is 0.469 e. The van der Waals surface area contributed by atoms with Crippen LogP contribution < -0.4 is 10.0 Å². The number of sulfonamides is 1. The van der Waals surface area contributed by atoms with Crippen molar-refractivity contribution < 1.29 is 22.7 Å². The maximum absolute atomic E-state index is 12.6. The van der Waals surface area contributed by atoms with Crippen molar-refractivity contribution in [3.8, 4) is 0 Å². The lowest BCUT2D eigenvalue weighted by molar-refractivity contribution is -0.141. The number of carbonyl (C=O) groups is 2. The topological polar surface area (TPSA) is 102 Å². The summed E-state index contributed by atoms with van der Waals surface area (Å²) in [5, 5.41) is 2.79. The Morgan fingerprint density at radius 2 is 1.74 bits per heavy atom. The second-order valence-electron chi connectivity index (χ2n) is 7.60. The number of amides is 1. The van der Waals surface area contributed by atoms with Gasteiger partial charge in [-0.1, -0.05) is 36.4 Å². The molecule has 2 aromatic carbocycles. The maximum Gasteiger partial charge on any atom is 0.307 e. The molecule has 8 heteroatoms. The Balaban J connectivity index is 1.57. The van der Waals surface area contributed by atoms with E-state index < -0.39 is 22.0 Å². The van der Waals surface area contributed by atoms with Crippen molar-refractivity contribution in [3.63, 3.8) is 0 Å². The van der Waals surface area contributed by atoms with E-state index in [0.29, 0.717) is 0 Å². The highest BCUT2D eigenvalue weighted by molar-refractivity contribution is 7.89. The van der Waals surface area contributed by atoms with Crippen LogP contribution in [0.4, 0.5) is 0 Å². The predicted molar refractivity (Wildman–Crippen MR) is 117 cm³/mol. The fraction of sp³-hybridized carbons (Fsp3) is 0.391. The molecule has 31 heavy (non-hydrogen) atoms. The predicted octanol–water partition coefficient (Wildman–Crippen LogP) is 2.65. The van der Waals surface area contributed by atoms with Crippen molar-refractivity contribution in [2.75, 3.05) is 13.7 Å². The summed E-state index contributed by atoms with van der Waals surface area (Å²) in [4.78, 5) is 24.4. The van der Waals surface area contributed by atoms with Crippen LogP contribution in [0.2, 0.25) is 0 Å². The SMILES string of the molecule is COC(=O)CC(NC(=O)CCNS(=O)(=O)c1ccc2c(c1)CCCC2)c1ccccc1. The van der Waals surface area contributed by atoms with Gasteiger partial charge in [-0.3, -0.25) is 9.59 Å². The number of benzene rings is 2. The Labute approximate surface area is 183 Å². The minimum atomic E-state index is -3.70. The Kier molecular flexibility index (Phi) is 7.81. The molecule has 0 bridgehead atoms. The van der Waals surface area contributed by atoms with Gasteiger partial charge in [-0.2, -0.15) is 0 Å². The van der Waals surface area contributed by atoms with E-state index in [0.717, 1.165) is 36.8 Å². The van der Waals surface area contributed by atoms with Crippen LogP contribution in [0.5, 0.6) is 0 Å². The van der Waals surface area contributed by atoms with Crippen LogP contribution in [0, 0.1) is 0 Å². The standard InChI is InChI=1S/C23H28N2O5S/c1-30-23(27)16-21(18-8-3-2-4-9-18)25-22(26)13-14-24-31(28,29)20-12-11-17-7-5-6-10-19(17)15-20/h2-4,8-9,11-12,15,21,24H,5-7,10,13-14,16H2,1H3,(H,25,26).